The quantitative estimate of drug-likeness (QED) is 0.335. The van der Waals surface area contributed by atoms with Crippen molar-refractivity contribution in [2.45, 2.75) is 19.3 Å². The van der Waals surface area contributed by atoms with Crippen LogP contribution in [0.25, 0.3) is 0 Å². The van der Waals surface area contributed by atoms with Gasteiger partial charge >= 0.3 is 0 Å². The summed E-state index contributed by atoms with van der Waals surface area (Å²) in [5, 5.41) is 0. The number of ketones is 1. The van der Waals surface area contributed by atoms with Gasteiger partial charge in [0, 0.05) is 6.42 Å². The van der Waals surface area contributed by atoms with E-state index in [4.69, 9.17) is 11.6 Å². The Bertz CT molecular complexity index is 185. The molecule has 56 valence electrons. The Labute approximate surface area is 59.2 Å². The van der Waals surface area contributed by atoms with E-state index in [-0.39, 0.29) is 5.78 Å². The van der Waals surface area contributed by atoms with E-state index in [2.05, 4.69) is 5.43 Å². The Morgan fingerprint density at radius 3 is 2.60 bits per heavy atom. The second-order valence-electron chi connectivity index (χ2n) is 2.31. The first-order valence-corrected chi connectivity index (χ1v) is 3.24. The molecule has 4 nitrogen and oxygen atoms in total. The molecule has 1 aliphatic rings. The zero-order chi connectivity index (χ0) is 7.56. The predicted octanol–water partition coefficient (Wildman–Crippen LogP) is -0.627. The first-order valence-electron chi connectivity index (χ1n) is 3.24. The highest BCUT2D eigenvalue weighted by Crippen LogP contribution is 2.15. The largest absolute Gasteiger partial charge is 0.394 e. The molecule has 4 heteroatoms. The van der Waals surface area contributed by atoms with Gasteiger partial charge in [-0.15, -0.1) is 0 Å². The fourth-order valence-corrected chi connectivity index (χ4v) is 1.01. The summed E-state index contributed by atoms with van der Waals surface area (Å²) in [5.74, 6) is 5.12. The van der Waals surface area contributed by atoms with E-state index in [9.17, 15) is 4.79 Å². The number of hydrazine groups is 1. The average molecular weight is 141 g/mol. The Balaban J connectivity index is 2.82. The first-order chi connectivity index (χ1) is 4.75. The molecule has 0 spiro atoms. The van der Waals surface area contributed by atoms with Crippen molar-refractivity contribution in [3.8, 4) is 0 Å². The molecule has 0 aromatic rings. The molecule has 0 bridgehead atoms. The van der Waals surface area contributed by atoms with Crippen LogP contribution < -0.4 is 17.0 Å². The number of nitrogens with two attached hydrogens (primary N) is 2. The molecular weight excluding hydrogens is 130 g/mol. The molecule has 10 heavy (non-hydrogen) atoms. The highest BCUT2D eigenvalue weighted by atomic mass is 16.1. The van der Waals surface area contributed by atoms with E-state index < -0.39 is 0 Å². The molecule has 0 heterocycles. The lowest BCUT2D eigenvalue weighted by atomic mass is 10.0. The molecule has 0 radical (unpaired) electrons. The zero-order valence-electron chi connectivity index (χ0n) is 5.68. The fraction of sp³-hybridized carbons (Fsp3) is 0.500. The molecule has 1 rings (SSSR count). The number of carbonyl (C=O) groups excluding carboxylic acids is 1. The van der Waals surface area contributed by atoms with Crippen LogP contribution in [-0.4, -0.2) is 5.78 Å². The third-order valence-corrected chi connectivity index (χ3v) is 1.63. The molecule has 0 amide bonds. The number of hydrogen-bond donors (Lipinski definition) is 3. The smallest absolute Gasteiger partial charge is 0.180 e. The van der Waals surface area contributed by atoms with Gasteiger partial charge in [0.15, 0.2) is 5.78 Å². The van der Waals surface area contributed by atoms with Gasteiger partial charge in [-0.3, -0.25) is 10.6 Å². The van der Waals surface area contributed by atoms with Crippen molar-refractivity contribution in [3.05, 3.63) is 11.4 Å². The fourth-order valence-electron chi connectivity index (χ4n) is 1.01. The Morgan fingerprint density at radius 2 is 2.10 bits per heavy atom. The molecule has 0 unspecified atom stereocenters. The van der Waals surface area contributed by atoms with E-state index in [0.717, 1.165) is 12.8 Å². The van der Waals surface area contributed by atoms with Gasteiger partial charge in [-0.25, -0.2) is 0 Å². The number of allylic oxidation sites excluding steroid dienone is 2. The third-order valence-electron chi connectivity index (χ3n) is 1.63. The summed E-state index contributed by atoms with van der Waals surface area (Å²) >= 11 is 0. The topological polar surface area (TPSA) is 81.1 Å². The van der Waals surface area contributed by atoms with E-state index >= 15 is 0 Å². The van der Waals surface area contributed by atoms with E-state index in [1.807, 2.05) is 0 Å². The summed E-state index contributed by atoms with van der Waals surface area (Å²) in [6.45, 7) is 0. The van der Waals surface area contributed by atoms with Gasteiger partial charge in [-0.05, 0) is 12.8 Å². The highest BCUT2D eigenvalue weighted by molar-refractivity contribution is 5.95. The van der Waals surface area contributed by atoms with Crippen LogP contribution in [0, 0.1) is 0 Å². The average Bonchev–Trinajstić information content (AvgIpc) is 1.95. The minimum Gasteiger partial charge on any atom is -0.394 e. The lowest BCUT2D eigenvalue weighted by Crippen LogP contribution is -2.30. The normalized spacial score (nSPS) is 19.5. The SMILES string of the molecule is NNC1=C(N)C(=O)CCC1. The third kappa shape index (κ3) is 1.11. The van der Waals surface area contributed by atoms with Gasteiger partial charge in [0.1, 0.15) is 0 Å². The molecule has 0 aliphatic heterocycles. The van der Waals surface area contributed by atoms with E-state index in [1.54, 1.807) is 0 Å². The predicted molar refractivity (Wildman–Crippen MR) is 37.4 cm³/mol. The van der Waals surface area contributed by atoms with Gasteiger partial charge in [0.25, 0.3) is 0 Å². The maximum atomic E-state index is 10.9. The van der Waals surface area contributed by atoms with Crippen molar-refractivity contribution in [3.63, 3.8) is 0 Å². The lowest BCUT2D eigenvalue weighted by molar-refractivity contribution is -0.116. The van der Waals surface area contributed by atoms with Crippen molar-refractivity contribution in [2.75, 3.05) is 0 Å². The van der Waals surface area contributed by atoms with Crippen molar-refractivity contribution >= 4 is 5.78 Å². The summed E-state index contributed by atoms with van der Waals surface area (Å²) in [4.78, 5) is 10.9. The molecule has 5 N–H and O–H groups in total. The molecule has 0 aromatic carbocycles. The zero-order valence-corrected chi connectivity index (χ0v) is 5.68. The van der Waals surface area contributed by atoms with Crippen LogP contribution in [-0.2, 0) is 4.79 Å². The number of nitrogens with one attached hydrogen (secondary N) is 1. The molecule has 0 saturated carbocycles. The van der Waals surface area contributed by atoms with Crippen LogP contribution in [0.2, 0.25) is 0 Å². The minimum absolute atomic E-state index is 0.000741. The van der Waals surface area contributed by atoms with Crippen molar-refractivity contribution < 1.29 is 4.79 Å². The number of hydrogen-bond acceptors (Lipinski definition) is 4. The van der Waals surface area contributed by atoms with Crippen LogP contribution in [0.1, 0.15) is 19.3 Å². The number of Topliss-reactive ketones (excluding diaryl/α,β-unsaturated/α-hetero) is 1. The Kier molecular flexibility index (Phi) is 1.91. The lowest BCUT2D eigenvalue weighted by Gasteiger charge is -2.14. The van der Waals surface area contributed by atoms with Crippen LogP contribution in [0.3, 0.4) is 0 Å². The van der Waals surface area contributed by atoms with Gasteiger partial charge in [-0.2, -0.15) is 0 Å². The monoisotopic (exact) mass is 141 g/mol. The molecule has 0 saturated heterocycles. The number of carbonyl (C=O) groups is 1. The van der Waals surface area contributed by atoms with Gasteiger partial charge in [-0.1, -0.05) is 0 Å². The highest BCUT2D eigenvalue weighted by Gasteiger charge is 2.16. The van der Waals surface area contributed by atoms with Gasteiger partial charge in [0.2, 0.25) is 0 Å². The maximum absolute atomic E-state index is 10.9. The van der Waals surface area contributed by atoms with Crippen LogP contribution in [0.15, 0.2) is 11.4 Å². The van der Waals surface area contributed by atoms with E-state index in [1.165, 1.54) is 0 Å². The van der Waals surface area contributed by atoms with Crippen LogP contribution in [0.5, 0.6) is 0 Å². The summed E-state index contributed by atoms with van der Waals surface area (Å²) in [6.07, 6.45) is 2.18. The molecule has 0 fully saturated rings. The molecule has 1 aliphatic carbocycles. The van der Waals surface area contributed by atoms with Gasteiger partial charge < -0.3 is 11.2 Å². The molecule has 0 aromatic heterocycles. The molecular formula is C6H11N3O. The van der Waals surface area contributed by atoms with Crippen LogP contribution >= 0.6 is 0 Å². The molecule has 0 atom stereocenters. The van der Waals surface area contributed by atoms with Crippen LogP contribution in [0.4, 0.5) is 0 Å². The Morgan fingerprint density at radius 1 is 1.40 bits per heavy atom. The summed E-state index contributed by atoms with van der Waals surface area (Å²) in [7, 11) is 0. The number of rotatable bonds is 1. The standard InChI is InChI=1S/C6H11N3O/c7-6-4(9-8)2-1-3-5(6)10/h9H,1-3,7-8H2. The van der Waals surface area contributed by atoms with E-state index in [0.29, 0.717) is 17.8 Å². The summed E-state index contributed by atoms with van der Waals surface area (Å²) in [6, 6.07) is 0. The van der Waals surface area contributed by atoms with Crippen molar-refractivity contribution in [2.24, 2.45) is 11.6 Å². The second-order valence-corrected chi connectivity index (χ2v) is 2.31. The van der Waals surface area contributed by atoms with Gasteiger partial charge in [0.05, 0.1) is 11.4 Å². The first kappa shape index (κ1) is 7.08. The maximum Gasteiger partial charge on any atom is 0.180 e. The second kappa shape index (κ2) is 2.70. The van der Waals surface area contributed by atoms with Crippen molar-refractivity contribution in [1.82, 2.24) is 5.43 Å². The minimum atomic E-state index is -0.000741. The summed E-state index contributed by atoms with van der Waals surface area (Å²) < 4.78 is 0. The summed E-state index contributed by atoms with van der Waals surface area (Å²) in [5.41, 5.74) is 8.82. The Hall–Kier alpha value is -1.03. The van der Waals surface area contributed by atoms with Crippen molar-refractivity contribution in [1.29, 1.82) is 0 Å².